The molecule has 0 aromatic rings. The first-order chi connectivity index (χ1) is 9.52. The normalized spacial score (nSPS) is 15.5. The predicted molar refractivity (Wildman–Crippen MR) is 84.9 cm³/mol. The molecule has 0 aliphatic rings. The lowest BCUT2D eigenvalue weighted by Gasteiger charge is -2.33. The SMILES string of the molecule is CCCC[C@@H](/C=C(\C)C(=O)O)N(C)C(=O)[C@@H](N)C(C)(C)C. The second-order valence-electron chi connectivity index (χ2n) is 6.66. The Morgan fingerprint density at radius 3 is 2.24 bits per heavy atom. The van der Waals surface area contributed by atoms with Crippen molar-refractivity contribution in [2.75, 3.05) is 7.05 Å². The first-order valence-corrected chi connectivity index (χ1v) is 7.46. The zero-order valence-electron chi connectivity index (χ0n) is 14.1. The number of nitrogens with two attached hydrogens (primary N) is 1. The molecular weight excluding hydrogens is 268 g/mol. The Bertz CT molecular complexity index is 397. The fourth-order valence-electron chi connectivity index (χ4n) is 1.92. The second kappa shape index (κ2) is 8.17. The molecule has 0 heterocycles. The number of aliphatic carboxylic acids is 1. The van der Waals surface area contributed by atoms with Crippen molar-refractivity contribution in [3.8, 4) is 0 Å². The molecule has 0 spiro atoms. The third-order valence-electron chi connectivity index (χ3n) is 3.68. The number of hydrogen-bond acceptors (Lipinski definition) is 3. The van der Waals surface area contributed by atoms with Crippen molar-refractivity contribution in [2.24, 2.45) is 11.1 Å². The van der Waals surface area contributed by atoms with Crippen LogP contribution in [0.4, 0.5) is 0 Å². The minimum Gasteiger partial charge on any atom is -0.478 e. The molecular formula is C16H30N2O3. The molecule has 0 aliphatic carbocycles. The summed E-state index contributed by atoms with van der Waals surface area (Å²) in [6.45, 7) is 9.37. The van der Waals surface area contributed by atoms with Crippen molar-refractivity contribution >= 4 is 11.9 Å². The summed E-state index contributed by atoms with van der Waals surface area (Å²) in [5.74, 6) is -1.12. The van der Waals surface area contributed by atoms with Crippen molar-refractivity contribution in [1.82, 2.24) is 4.90 Å². The molecule has 0 aromatic heterocycles. The summed E-state index contributed by atoms with van der Waals surface area (Å²) in [4.78, 5) is 25.0. The van der Waals surface area contributed by atoms with Gasteiger partial charge in [0.1, 0.15) is 0 Å². The molecule has 2 atom stereocenters. The van der Waals surface area contributed by atoms with E-state index in [1.807, 2.05) is 20.8 Å². The smallest absolute Gasteiger partial charge is 0.331 e. The number of rotatable bonds is 7. The molecule has 3 N–H and O–H groups in total. The number of carboxylic acids is 1. The molecule has 5 nitrogen and oxygen atoms in total. The van der Waals surface area contributed by atoms with E-state index < -0.39 is 12.0 Å². The number of unbranched alkanes of at least 4 members (excludes halogenated alkanes) is 1. The van der Waals surface area contributed by atoms with Gasteiger partial charge in [-0.25, -0.2) is 4.79 Å². The highest BCUT2D eigenvalue weighted by atomic mass is 16.4. The summed E-state index contributed by atoms with van der Waals surface area (Å²) >= 11 is 0. The van der Waals surface area contributed by atoms with Gasteiger partial charge in [0.15, 0.2) is 0 Å². The number of nitrogens with zero attached hydrogens (tertiary/aromatic N) is 1. The van der Waals surface area contributed by atoms with E-state index in [1.54, 1.807) is 24.9 Å². The van der Waals surface area contributed by atoms with E-state index in [9.17, 15) is 9.59 Å². The van der Waals surface area contributed by atoms with Gasteiger partial charge in [0.2, 0.25) is 5.91 Å². The van der Waals surface area contributed by atoms with Crippen LogP contribution in [0.2, 0.25) is 0 Å². The van der Waals surface area contributed by atoms with E-state index >= 15 is 0 Å². The number of carboxylic acid groups (broad SMARTS) is 1. The Morgan fingerprint density at radius 2 is 1.86 bits per heavy atom. The maximum Gasteiger partial charge on any atom is 0.331 e. The number of carbonyl (C=O) groups excluding carboxylic acids is 1. The summed E-state index contributed by atoms with van der Waals surface area (Å²) in [5, 5.41) is 9.02. The molecule has 1 amide bonds. The van der Waals surface area contributed by atoms with Crippen LogP contribution >= 0.6 is 0 Å². The maximum absolute atomic E-state index is 12.5. The van der Waals surface area contributed by atoms with Gasteiger partial charge in [0, 0.05) is 12.6 Å². The molecule has 0 unspecified atom stereocenters. The highest BCUT2D eigenvalue weighted by Gasteiger charge is 2.31. The average molecular weight is 298 g/mol. The second-order valence-corrected chi connectivity index (χ2v) is 6.66. The van der Waals surface area contributed by atoms with Gasteiger partial charge in [-0.2, -0.15) is 0 Å². The number of likely N-dealkylation sites (N-methyl/N-ethyl adjacent to an activating group) is 1. The topological polar surface area (TPSA) is 83.6 Å². The largest absolute Gasteiger partial charge is 0.478 e. The van der Waals surface area contributed by atoms with Gasteiger partial charge >= 0.3 is 5.97 Å². The summed E-state index contributed by atoms with van der Waals surface area (Å²) in [7, 11) is 1.69. The first-order valence-electron chi connectivity index (χ1n) is 7.46. The van der Waals surface area contributed by atoms with Gasteiger partial charge in [0.25, 0.3) is 0 Å². The molecule has 0 aromatic carbocycles. The van der Waals surface area contributed by atoms with Crippen molar-refractivity contribution in [3.63, 3.8) is 0 Å². The van der Waals surface area contributed by atoms with Gasteiger partial charge in [-0.15, -0.1) is 0 Å². The van der Waals surface area contributed by atoms with E-state index in [0.29, 0.717) is 0 Å². The molecule has 0 fully saturated rings. The molecule has 0 saturated carbocycles. The van der Waals surface area contributed by atoms with Crippen LogP contribution < -0.4 is 5.73 Å². The third kappa shape index (κ3) is 6.29. The fourth-order valence-corrected chi connectivity index (χ4v) is 1.92. The van der Waals surface area contributed by atoms with Crippen LogP contribution in [0.25, 0.3) is 0 Å². The summed E-state index contributed by atoms with van der Waals surface area (Å²) in [6.07, 6.45) is 4.30. The number of amides is 1. The fraction of sp³-hybridized carbons (Fsp3) is 0.750. The standard InChI is InChI=1S/C16H30N2O3/c1-7-8-9-12(10-11(2)15(20)21)18(6)14(19)13(17)16(3,4)5/h10,12-13H,7-9,17H2,1-6H3,(H,20,21)/b11-10+/t12-,13+/m0/s1. The van der Waals surface area contributed by atoms with E-state index in [4.69, 9.17) is 10.8 Å². The molecule has 21 heavy (non-hydrogen) atoms. The number of carbonyl (C=O) groups is 2. The molecule has 122 valence electrons. The van der Waals surface area contributed by atoms with Crippen LogP contribution in [0.5, 0.6) is 0 Å². The van der Waals surface area contributed by atoms with Crippen molar-refractivity contribution in [1.29, 1.82) is 0 Å². The minimum atomic E-state index is -0.961. The molecule has 0 saturated heterocycles. The quantitative estimate of drug-likeness (QED) is 0.707. The Kier molecular flexibility index (Phi) is 7.64. The van der Waals surface area contributed by atoms with Crippen LogP contribution in [0.1, 0.15) is 53.9 Å². The van der Waals surface area contributed by atoms with Gasteiger partial charge in [-0.1, -0.05) is 46.6 Å². The summed E-state index contributed by atoms with van der Waals surface area (Å²) < 4.78 is 0. The van der Waals surface area contributed by atoms with Gasteiger partial charge in [-0.3, -0.25) is 4.79 Å². The maximum atomic E-state index is 12.5. The minimum absolute atomic E-state index is 0.155. The van der Waals surface area contributed by atoms with Crippen molar-refractivity contribution in [2.45, 2.75) is 66.0 Å². The van der Waals surface area contributed by atoms with Crippen LogP contribution in [0, 0.1) is 5.41 Å². The first kappa shape index (κ1) is 19.6. The van der Waals surface area contributed by atoms with Crippen LogP contribution in [0.15, 0.2) is 11.6 Å². The third-order valence-corrected chi connectivity index (χ3v) is 3.68. The van der Waals surface area contributed by atoms with E-state index in [0.717, 1.165) is 19.3 Å². The lowest BCUT2D eigenvalue weighted by molar-refractivity contribution is -0.135. The highest BCUT2D eigenvalue weighted by Crippen LogP contribution is 2.21. The Balaban J connectivity index is 5.20. The van der Waals surface area contributed by atoms with E-state index in [1.165, 1.54) is 0 Å². The Morgan fingerprint density at radius 1 is 1.33 bits per heavy atom. The monoisotopic (exact) mass is 298 g/mol. The van der Waals surface area contributed by atoms with Crippen LogP contribution in [-0.4, -0.2) is 41.0 Å². The van der Waals surface area contributed by atoms with Crippen LogP contribution in [-0.2, 0) is 9.59 Å². The summed E-state index contributed by atoms with van der Waals surface area (Å²) in [5.41, 5.74) is 5.95. The predicted octanol–water partition coefficient (Wildman–Crippen LogP) is 2.41. The van der Waals surface area contributed by atoms with Crippen molar-refractivity contribution in [3.05, 3.63) is 11.6 Å². The lowest BCUT2D eigenvalue weighted by atomic mass is 9.86. The summed E-state index contributed by atoms with van der Waals surface area (Å²) in [6, 6.07) is -0.841. The number of hydrogen-bond donors (Lipinski definition) is 2. The Hall–Kier alpha value is -1.36. The van der Waals surface area contributed by atoms with Gasteiger partial charge < -0.3 is 15.7 Å². The average Bonchev–Trinajstić information content (AvgIpc) is 2.39. The molecule has 5 heteroatoms. The molecule has 0 aliphatic heterocycles. The highest BCUT2D eigenvalue weighted by molar-refractivity contribution is 5.86. The Labute approximate surface area is 128 Å². The van der Waals surface area contributed by atoms with Gasteiger partial charge in [0.05, 0.1) is 12.1 Å². The zero-order chi connectivity index (χ0) is 16.8. The van der Waals surface area contributed by atoms with E-state index in [2.05, 4.69) is 6.92 Å². The molecule has 0 bridgehead atoms. The van der Waals surface area contributed by atoms with Crippen molar-refractivity contribution < 1.29 is 14.7 Å². The van der Waals surface area contributed by atoms with Gasteiger partial charge in [-0.05, 0) is 18.8 Å². The van der Waals surface area contributed by atoms with E-state index in [-0.39, 0.29) is 22.9 Å². The lowest BCUT2D eigenvalue weighted by Crippen LogP contribution is -2.51. The zero-order valence-corrected chi connectivity index (χ0v) is 14.1. The molecule has 0 rings (SSSR count). The molecule has 0 radical (unpaired) electrons. The van der Waals surface area contributed by atoms with Crippen LogP contribution in [0.3, 0.4) is 0 Å².